The van der Waals surface area contributed by atoms with Gasteiger partial charge in [0.2, 0.25) is 0 Å². The largest absolute Gasteiger partial charge is 0.396 e. The maximum absolute atomic E-state index is 8.82. The van der Waals surface area contributed by atoms with Crippen LogP contribution in [0.25, 0.3) is 0 Å². The van der Waals surface area contributed by atoms with E-state index in [0.717, 1.165) is 18.8 Å². The lowest BCUT2D eigenvalue weighted by Crippen LogP contribution is -2.26. The SMILES string of the molecule is CC#C/C(=N\OCCNC[C@@H](C)CO)C(C)C. The molecular weight excluding hydrogens is 216 g/mol. The van der Waals surface area contributed by atoms with Crippen LogP contribution in [0.5, 0.6) is 0 Å². The van der Waals surface area contributed by atoms with Crippen molar-refractivity contribution in [3.63, 3.8) is 0 Å². The summed E-state index contributed by atoms with van der Waals surface area (Å²) in [6.07, 6.45) is 0. The highest BCUT2D eigenvalue weighted by molar-refractivity contribution is 6.01. The molecule has 0 aliphatic rings. The van der Waals surface area contributed by atoms with Crippen LogP contribution in [-0.4, -0.2) is 37.1 Å². The van der Waals surface area contributed by atoms with Crippen molar-refractivity contribution in [2.45, 2.75) is 27.7 Å². The van der Waals surface area contributed by atoms with Gasteiger partial charge in [-0.05, 0) is 18.8 Å². The van der Waals surface area contributed by atoms with E-state index >= 15 is 0 Å². The minimum Gasteiger partial charge on any atom is -0.396 e. The van der Waals surface area contributed by atoms with Gasteiger partial charge >= 0.3 is 0 Å². The van der Waals surface area contributed by atoms with Crippen LogP contribution in [0.4, 0.5) is 0 Å². The van der Waals surface area contributed by atoms with Gasteiger partial charge in [-0.15, -0.1) is 0 Å². The van der Waals surface area contributed by atoms with Crippen molar-refractivity contribution in [2.75, 3.05) is 26.3 Å². The molecule has 98 valence electrons. The first-order valence-corrected chi connectivity index (χ1v) is 6.06. The first kappa shape index (κ1) is 16.0. The lowest BCUT2D eigenvalue weighted by molar-refractivity contribution is 0.142. The number of nitrogens with zero attached hydrogens (tertiary/aromatic N) is 1. The molecule has 4 heteroatoms. The Kier molecular flexibility index (Phi) is 9.50. The second-order valence-corrected chi connectivity index (χ2v) is 4.33. The van der Waals surface area contributed by atoms with Crippen molar-refractivity contribution >= 4 is 5.71 Å². The first-order valence-electron chi connectivity index (χ1n) is 6.06. The van der Waals surface area contributed by atoms with Gasteiger partial charge in [-0.2, -0.15) is 0 Å². The van der Waals surface area contributed by atoms with E-state index in [1.807, 2.05) is 20.8 Å². The molecule has 0 heterocycles. The molecule has 0 saturated heterocycles. The Labute approximate surface area is 104 Å². The van der Waals surface area contributed by atoms with Crippen molar-refractivity contribution in [3.8, 4) is 11.8 Å². The summed E-state index contributed by atoms with van der Waals surface area (Å²) in [6, 6.07) is 0. The van der Waals surface area contributed by atoms with E-state index in [4.69, 9.17) is 9.94 Å². The van der Waals surface area contributed by atoms with E-state index in [1.165, 1.54) is 0 Å². The molecule has 0 unspecified atom stereocenters. The second-order valence-electron chi connectivity index (χ2n) is 4.33. The van der Waals surface area contributed by atoms with Gasteiger partial charge in [0.1, 0.15) is 12.3 Å². The fraction of sp³-hybridized carbons (Fsp3) is 0.769. The van der Waals surface area contributed by atoms with Crippen molar-refractivity contribution in [1.29, 1.82) is 0 Å². The molecule has 0 fully saturated rings. The van der Waals surface area contributed by atoms with Crippen LogP contribution in [0.3, 0.4) is 0 Å². The lowest BCUT2D eigenvalue weighted by Gasteiger charge is -2.09. The highest BCUT2D eigenvalue weighted by atomic mass is 16.6. The van der Waals surface area contributed by atoms with Crippen molar-refractivity contribution in [1.82, 2.24) is 5.32 Å². The number of hydrogen-bond acceptors (Lipinski definition) is 4. The van der Waals surface area contributed by atoms with Gasteiger partial charge in [-0.25, -0.2) is 0 Å². The van der Waals surface area contributed by atoms with Crippen LogP contribution in [0.15, 0.2) is 5.16 Å². The van der Waals surface area contributed by atoms with Crippen molar-refractivity contribution in [2.24, 2.45) is 17.0 Å². The zero-order chi connectivity index (χ0) is 13.1. The van der Waals surface area contributed by atoms with Crippen LogP contribution in [0.1, 0.15) is 27.7 Å². The van der Waals surface area contributed by atoms with Gasteiger partial charge in [-0.1, -0.05) is 31.8 Å². The van der Waals surface area contributed by atoms with Crippen LogP contribution in [-0.2, 0) is 4.84 Å². The van der Waals surface area contributed by atoms with Crippen LogP contribution in [0.2, 0.25) is 0 Å². The third kappa shape index (κ3) is 8.73. The van der Waals surface area contributed by atoms with Crippen molar-refractivity contribution in [3.05, 3.63) is 0 Å². The molecule has 1 atom stereocenters. The highest BCUT2D eigenvalue weighted by Gasteiger charge is 2.02. The first-order chi connectivity index (χ1) is 8.11. The topological polar surface area (TPSA) is 53.8 Å². The Balaban J connectivity index is 3.73. The molecule has 2 N–H and O–H groups in total. The molecule has 0 aliphatic carbocycles. The Hall–Kier alpha value is -1.05. The summed E-state index contributed by atoms with van der Waals surface area (Å²) in [6.45, 7) is 10.1. The number of nitrogens with one attached hydrogen (secondary N) is 1. The Morgan fingerprint density at radius 1 is 1.41 bits per heavy atom. The zero-order valence-electron chi connectivity index (χ0n) is 11.3. The summed E-state index contributed by atoms with van der Waals surface area (Å²) in [5.74, 6) is 6.30. The van der Waals surface area contributed by atoms with Crippen LogP contribution >= 0.6 is 0 Å². The van der Waals surface area contributed by atoms with E-state index in [2.05, 4.69) is 22.3 Å². The summed E-state index contributed by atoms with van der Waals surface area (Å²) in [5, 5.41) is 16.0. The van der Waals surface area contributed by atoms with Crippen molar-refractivity contribution < 1.29 is 9.94 Å². The molecule has 0 bridgehead atoms. The smallest absolute Gasteiger partial charge is 0.132 e. The standard InChI is InChI=1S/C13H24N2O2/c1-5-6-13(11(2)3)15-17-8-7-14-9-12(4)10-16/h11-12,14,16H,7-10H2,1-4H3/b15-13+/t12-/m1/s1. The van der Waals surface area contributed by atoms with Gasteiger partial charge < -0.3 is 15.3 Å². The monoisotopic (exact) mass is 240 g/mol. The maximum atomic E-state index is 8.82. The van der Waals surface area contributed by atoms with Gasteiger partial charge in [0, 0.05) is 25.6 Å². The van der Waals surface area contributed by atoms with E-state index in [0.29, 0.717) is 6.61 Å². The molecule has 0 aromatic heterocycles. The highest BCUT2D eigenvalue weighted by Crippen LogP contribution is 1.96. The molecular formula is C13H24N2O2. The van der Waals surface area contributed by atoms with Gasteiger partial charge in [0.05, 0.1) is 0 Å². The van der Waals surface area contributed by atoms with Gasteiger partial charge in [0.15, 0.2) is 0 Å². The number of aliphatic hydroxyl groups excluding tert-OH is 1. The molecule has 0 aliphatic heterocycles. The summed E-state index contributed by atoms with van der Waals surface area (Å²) >= 11 is 0. The minimum absolute atomic E-state index is 0.204. The average molecular weight is 240 g/mol. The van der Waals surface area contributed by atoms with E-state index in [1.54, 1.807) is 6.92 Å². The number of rotatable bonds is 8. The zero-order valence-corrected chi connectivity index (χ0v) is 11.3. The van der Waals surface area contributed by atoms with E-state index < -0.39 is 0 Å². The molecule has 0 rings (SSSR count). The van der Waals surface area contributed by atoms with E-state index in [-0.39, 0.29) is 18.4 Å². The molecule has 0 radical (unpaired) electrons. The third-order valence-electron chi connectivity index (χ3n) is 2.14. The molecule has 17 heavy (non-hydrogen) atoms. The maximum Gasteiger partial charge on any atom is 0.132 e. The average Bonchev–Trinajstić information content (AvgIpc) is 2.31. The predicted octanol–water partition coefficient (Wildman–Crippen LogP) is 1.26. The summed E-state index contributed by atoms with van der Waals surface area (Å²) in [7, 11) is 0. The minimum atomic E-state index is 0.204. The lowest BCUT2D eigenvalue weighted by atomic mass is 10.1. The van der Waals surface area contributed by atoms with Gasteiger partial charge in [0.25, 0.3) is 0 Å². The molecule has 0 amide bonds. The van der Waals surface area contributed by atoms with Crippen LogP contribution < -0.4 is 5.32 Å². The normalized spacial score (nSPS) is 13.2. The quantitative estimate of drug-likeness (QED) is 0.291. The third-order valence-corrected chi connectivity index (χ3v) is 2.14. The molecule has 0 aromatic carbocycles. The van der Waals surface area contributed by atoms with E-state index in [9.17, 15) is 0 Å². The number of hydrogen-bond donors (Lipinski definition) is 2. The summed E-state index contributed by atoms with van der Waals surface area (Å²) in [5.41, 5.74) is 0.774. The second kappa shape index (κ2) is 10.1. The summed E-state index contributed by atoms with van der Waals surface area (Å²) < 4.78 is 0. The van der Waals surface area contributed by atoms with Gasteiger partial charge in [-0.3, -0.25) is 0 Å². The Morgan fingerprint density at radius 2 is 2.12 bits per heavy atom. The molecule has 0 saturated carbocycles. The number of aliphatic hydroxyl groups is 1. The Bertz CT molecular complexity index is 277. The summed E-state index contributed by atoms with van der Waals surface area (Å²) in [4.78, 5) is 5.19. The fourth-order valence-corrected chi connectivity index (χ4v) is 1.05. The molecule has 4 nitrogen and oxygen atoms in total. The molecule has 0 aromatic rings. The Morgan fingerprint density at radius 3 is 2.65 bits per heavy atom. The van der Waals surface area contributed by atoms with Crippen LogP contribution in [0, 0.1) is 23.7 Å². The number of oxime groups is 1. The fourth-order valence-electron chi connectivity index (χ4n) is 1.05. The molecule has 0 spiro atoms. The predicted molar refractivity (Wildman–Crippen MR) is 70.8 cm³/mol.